The zero-order valence-corrected chi connectivity index (χ0v) is 12.9. The third-order valence-electron chi connectivity index (χ3n) is 3.40. The third kappa shape index (κ3) is 7.56. The van der Waals surface area contributed by atoms with E-state index >= 15 is 0 Å². The number of quaternary nitrogens is 1. The number of aliphatic hydroxyl groups is 2. The van der Waals surface area contributed by atoms with Gasteiger partial charge in [-0.1, -0.05) is 0 Å². The third-order valence-corrected chi connectivity index (χ3v) is 3.40. The molecule has 0 aromatic carbocycles. The highest BCUT2D eigenvalue weighted by Crippen LogP contribution is 2.17. The summed E-state index contributed by atoms with van der Waals surface area (Å²) in [6, 6.07) is 0. The molecule has 0 aliphatic carbocycles. The SMILES string of the molecule is C[N+]1(CCCCOCC(O)CO)CCCC1.[I-]. The van der Waals surface area contributed by atoms with Gasteiger partial charge in [-0.3, -0.25) is 0 Å². The molecule has 1 rings (SSSR count). The molecule has 1 fully saturated rings. The lowest BCUT2D eigenvalue weighted by Crippen LogP contribution is -3.00. The Bertz CT molecular complexity index is 187. The van der Waals surface area contributed by atoms with Crippen molar-refractivity contribution < 1.29 is 43.4 Å². The van der Waals surface area contributed by atoms with Crippen molar-refractivity contribution in [1.29, 1.82) is 0 Å². The molecule has 0 radical (unpaired) electrons. The number of aliphatic hydroxyl groups excluding tert-OH is 2. The molecule has 0 amide bonds. The molecule has 0 aromatic rings. The monoisotopic (exact) mass is 359 g/mol. The van der Waals surface area contributed by atoms with Crippen LogP contribution in [0.3, 0.4) is 0 Å². The number of ether oxygens (including phenoxy) is 1. The van der Waals surface area contributed by atoms with Crippen LogP contribution in [0.25, 0.3) is 0 Å². The summed E-state index contributed by atoms with van der Waals surface area (Å²) in [5.41, 5.74) is 0. The normalized spacial score (nSPS) is 19.9. The second-order valence-corrected chi connectivity index (χ2v) is 5.12. The zero-order chi connectivity index (χ0) is 11.9. The molecule has 1 saturated heterocycles. The summed E-state index contributed by atoms with van der Waals surface area (Å²) in [7, 11) is 2.34. The molecule has 0 saturated carbocycles. The molecule has 1 atom stereocenters. The van der Waals surface area contributed by atoms with E-state index in [0.29, 0.717) is 6.61 Å². The molecule has 0 spiro atoms. The van der Waals surface area contributed by atoms with Crippen LogP contribution < -0.4 is 24.0 Å². The summed E-state index contributed by atoms with van der Waals surface area (Å²) in [6.07, 6.45) is 4.26. The number of nitrogens with zero attached hydrogens (tertiary/aromatic N) is 1. The second-order valence-electron chi connectivity index (χ2n) is 5.12. The van der Waals surface area contributed by atoms with Gasteiger partial charge in [0.15, 0.2) is 0 Å². The van der Waals surface area contributed by atoms with E-state index < -0.39 is 6.10 Å². The van der Waals surface area contributed by atoms with Crippen molar-refractivity contribution >= 4 is 0 Å². The van der Waals surface area contributed by atoms with Gasteiger partial charge in [-0.2, -0.15) is 0 Å². The van der Waals surface area contributed by atoms with Crippen LogP contribution in [-0.2, 0) is 4.74 Å². The predicted molar refractivity (Wildman–Crippen MR) is 63.2 cm³/mol. The quantitative estimate of drug-likeness (QED) is 0.284. The molecule has 104 valence electrons. The van der Waals surface area contributed by atoms with Gasteiger partial charge in [0, 0.05) is 19.4 Å². The summed E-state index contributed by atoms with van der Waals surface area (Å²) < 4.78 is 6.49. The number of rotatable bonds is 8. The van der Waals surface area contributed by atoms with E-state index in [1.54, 1.807) is 0 Å². The lowest BCUT2D eigenvalue weighted by atomic mass is 10.3. The molecule has 1 aliphatic rings. The average Bonchev–Trinajstić information content (AvgIpc) is 2.70. The predicted octanol–water partition coefficient (Wildman–Crippen LogP) is -2.62. The fourth-order valence-electron chi connectivity index (χ4n) is 2.29. The Morgan fingerprint density at radius 3 is 2.47 bits per heavy atom. The highest BCUT2D eigenvalue weighted by atomic mass is 127. The maximum atomic E-state index is 9.05. The molecule has 2 N–H and O–H groups in total. The van der Waals surface area contributed by atoms with Gasteiger partial charge in [0.25, 0.3) is 0 Å². The van der Waals surface area contributed by atoms with Crippen molar-refractivity contribution in [2.45, 2.75) is 31.8 Å². The van der Waals surface area contributed by atoms with Crippen LogP contribution >= 0.6 is 0 Å². The van der Waals surface area contributed by atoms with Crippen molar-refractivity contribution in [3.8, 4) is 0 Å². The Hall–Kier alpha value is 0.570. The van der Waals surface area contributed by atoms with Gasteiger partial charge in [0.05, 0.1) is 39.9 Å². The van der Waals surface area contributed by atoms with Crippen molar-refractivity contribution in [2.75, 3.05) is 46.5 Å². The number of halogens is 1. The molecule has 0 bridgehead atoms. The van der Waals surface area contributed by atoms with Gasteiger partial charge in [-0.25, -0.2) is 0 Å². The van der Waals surface area contributed by atoms with Gasteiger partial charge < -0.3 is 43.4 Å². The number of unbranched alkanes of at least 4 members (excludes halogenated alkanes) is 1. The lowest BCUT2D eigenvalue weighted by molar-refractivity contribution is -0.897. The fourth-order valence-corrected chi connectivity index (χ4v) is 2.29. The maximum Gasteiger partial charge on any atom is 0.100 e. The summed E-state index contributed by atoms with van der Waals surface area (Å²) in [5.74, 6) is 0. The number of hydrogen-bond acceptors (Lipinski definition) is 3. The maximum absolute atomic E-state index is 9.05. The van der Waals surface area contributed by atoms with Crippen LogP contribution in [0, 0.1) is 0 Å². The minimum atomic E-state index is -0.719. The standard InChI is InChI=1S/C12H26NO3.HI/c1-13(6-2-3-7-13)8-4-5-9-16-11-12(15)10-14;/h12,14-15H,2-11H2,1H3;1H/q+1;/p-1. The van der Waals surface area contributed by atoms with Crippen LogP contribution in [0.4, 0.5) is 0 Å². The molecule has 5 heteroatoms. The Kier molecular flexibility index (Phi) is 9.81. The molecule has 4 nitrogen and oxygen atoms in total. The Morgan fingerprint density at radius 1 is 1.24 bits per heavy atom. The Balaban J connectivity index is 0.00000256. The van der Waals surface area contributed by atoms with Crippen LogP contribution in [-0.4, -0.2) is 67.3 Å². The van der Waals surface area contributed by atoms with Gasteiger partial charge in [0.2, 0.25) is 0 Å². The molecule has 1 unspecified atom stereocenters. The van der Waals surface area contributed by atoms with Crippen molar-refractivity contribution in [2.24, 2.45) is 0 Å². The van der Waals surface area contributed by atoms with Crippen LogP contribution in [0.15, 0.2) is 0 Å². The molecule has 1 heterocycles. The molecular weight excluding hydrogens is 333 g/mol. The zero-order valence-electron chi connectivity index (χ0n) is 10.8. The van der Waals surface area contributed by atoms with Gasteiger partial charge >= 0.3 is 0 Å². The average molecular weight is 359 g/mol. The van der Waals surface area contributed by atoms with E-state index in [0.717, 1.165) is 6.42 Å². The second kappa shape index (κ2) is 9.49. The molecule has 0 aromatic heterocycles. The van der Waals surface area contributed by atoms with E-state index in [4.69, 9.17) is 14.9 Å². The first-order chi connectivity index (χ1) is 7.66. The van der Waals surface area contributed by atoms with Crippen LogP contribution in [0.5, 0.6) is 0 Å². The Labute approximate surface area is 122 Å². The summed E-state index contributed by atoms with van der Waals surface area (Å²) in [6.45, 7) is 4.62. The van der Waals surface area contributed by atoms with Gasteiger partial charge in [-0.15, -0.1) is 0 Å². The largest absolute Gasteiger partial charge is 1.00 e. The van der Waals surface area contributed by atoms with Crippen molar-refractivity contribution in [3.05, 3.63) is 0 Å². The van der Waals surface area contributed by atoms with E-state index in [1.165, 1.54) is 43.4 Å². The smallest absolute Gasteiger partial charge is 0.100 e. The first-order valence-corrected chi connectivity index (χ1v) is 6.36. The fraction of sp³-hybridized carbons (Fsp3) is 1.00. The highest BCUT2D eigenvalue weighted by Gasteiger charge is 2.25. The highest BCUT2D eigenvalue weighted by molar-refractivity contribution is 4.53. The first kappa shape index (κ1) is 17.6. The molecular formula is C12H26INO3. The topological polar surface area (TPSA) is 49.7 Å². The van der Waals surface area contributed by atoms with Gasteiger partial charge in [0.1, 0.15) is 6.10 Å². The number of likely N-dealkylation sites (tertiary alicyclic amines) is 1. The summed E-state index contributed by atoms with van der Waals surface area (Å²) in [4.78, 5) is 0. The lowest BCUT2D eigenvalue weighted by Gasteiger charge is -2.29. The first-order valence-electron chi connectivity index (χ1n) is 6.36. The summed E-state index contributed by atoms with van der Waals surface area (Å²) >= 11 is 0. The molecule has 1 aliphatic heterocycles. The van der Waals surface area contributed by atoms with E-state index in [2.05, 4.69) is 7.05 Å². The van der Waals surface area contributed by atoms with E-state index in [-0.39, 0.29) is 37.2 Å². The minimum absolute atomic E-state index is 0. The van der Waals surface area contributed by atoms with Gasteiger partial charge in [-0.05, 0) is 12.8 Å². The van der Waals surface area contributed by atoms with E-state index in [1.807, 2.05) is 0 Å². The minimum Gasteiger partial charge on any atom is -1.00 e. The van der Waals surface area contributed by atoms with Crippen LogP contribution in [0.2, 0.25) is 0 Å². The Morgan fingerprint density at radius 2 is 1.88 bits per heavy atom. The number of hydrogen-bond donors (Lipinski definition) is 2. The molecule has 17 heavy (non-hydrogen) atoms. The van der Waals surface area contributed by atoms with E-state index in [9.17, 15) is 0 Å². The van der Waals surface area contributed by atoms with Crippen molar-refractivity contribution in [1.82, 2.24) is 0 Å². The van der Waals surface area contributed by atoms with Crippen molar-refractivity contribution in [3.63, 3.8) is 0 Å². The summed E-state index contributed by atoms with van der Waals surface area (Å²) in [5, 5.41) is 17.6. The van der Waals surface area contributed by atoms with Crippen LogP contribution in [0.1, 0.15) is 25.7 Å².